The normalized spacial score (nSPS) is 21.0. The summed E-state index contributed by atoms with van der Waals surface area (Å²) in [5.74, 6) is 0.419. The largest absolute Gasteiger partial charge is 0.451 e. The van der Waals surface area contributed by atoms with Crippen molar-refractivity contribution >= 4 is 22.8 Å². The molecule has 0 aliphatic carbocycles. The van der Waals surface area contributed by atoms with Gasteiger partial charge in [0.1, 0.15) is 5.58 Å². The molecule has 0 radical (unpaired) electrons. The number of furan rings is 1. The predicted octanol–water partition coefficient (Wildman–Crippen LogP) is 1.45. The highest BCUT2D eigenvalue weighted by Crippen LogP contribution is 2.19. The Bertz CT molecular complexity index is 795. The fourth-order valence-electron chi connectivity index (χ4n) is 4.05. The first-order valence-electron chi connectivity index (χ1n) is 10.2. The molecule has 7 nitrogen and oxygen atoms in total. The van der Waals surface area contributed by atoms with Crippen molar-refractivity contribution in [3.63, 3.8) is 0 Å². The number of nitrogens with zero attached hydrogens (tertiary/aromatic N) is 2. The third-order valence-electron chi connectivity index (χ3n) is 5.60. The molecule has 1 aromatic carbocycles. The molecular formula is C21H28N4O3. The van der Waals surface area contributed by atoms with E-state index < -0.39 is 0 Å². The van der Waals surface area contributed by atoms with Gasteiger partial charge < -0.3 is 24.9 Å². The Morgan fingerprint density at radius 1 is 1.18 bits per heavy atom. The number of fused-ring (bicyclic) bond motifs is 1. The van der Waals surface area contributed by atoms with Crippen molar-refractivity contribution in [1.82, 2.24) is 20.4 Å². The van der Waals surface area contributed by atoms with Gasteiger partial charge in [0.05, 0.1) is 0 Å². The molecule has 0 bridgehead atoms. The molecule has 4 rings (SSSR count). The second-order valence-electron chi connectivity index (χ2n) is 7.64. The third kappa shape index (κ3) is 4.54. The molecule has 0 saturated carbocycles. The maximum absolute atomic E-state index is 12.6. The summed E-state index contributed by atoms with van der Waals surface area (Å²) in [7, 11) is 0. The van der Waals surface area contributed by atoms with E-state index in [1.165, 1.54) is 0 Å². The Kier molecular flexibility index (Phi) is 5.92. The fraction of sp³-hybridized carbons (Fsp3) is 0.524. The van der Waals surface area contributed by atoms with Gasteiger partial charge in [-0.15, -0.1) is 0 Å². The van der Waals surface area contributed by atoms with Crippen molar-refractivity contribution in [3.8, 4) is 0 Å². The number of hydrogen-bond donors (Lipinski definition) is 2. The highest BCUT2D eigenvalue weighted by molar-refractivity contribution is 5.96. The zero-order valence-electron chi connectivity index (χ0n) is 16.2. The van der Waals surface area contributed by atoms with Crippen LogP contribution in [0.5, 0.6) is 0 Å². The van der Waals surface area contributed by atoms with E-state index in [0.29, 0.717) is 12.2 Å². The number of nitrogens with one attached hydrogen (secondary N) is 2. The standard InChI is InChI=1S/C21H28N4O3/c26-20(25-12-8-22-9-13-25)7-11-24-10-3-5-17(15-24)23-21(27)19-14-16-4-1-2-6-18(16)28-19/h1-2,4,6,14,17,22H,3,5,7-13,15H2,(H,23,27). The number of para-hydroxylation sites is 1. The van der Waals surface area contributed by atoms with Gasteiger partial charge >= 0.3 is 0 Å². The Balaban J connectivity index is 1.27. The average Bonchev–Trinajstić information content (AvgIpc) is 3.17. The number of amides is 2. The molecule has 2 aliphatic heterocycles. The Labute approximate surface area is 165 Å². The zero-order chi connectivity index (χ0) is 19.3. The molecular weight excluding hydrogens is 356 g/mol. The number of likely N-dealkylation sites (tertiary alicyclic amines) is 1. The summed E-state index contributed by atoms with van der Waals surface area (Å²) >= 11 is 0. The van der Waals surface area contributed by atoms with Gasteiger partial charge in [-0.2, -0.15) is 0 Å². The molecule has 2 N–H and O–H groups in total. The Hall–Kier alpha value is -2.38. The van der Waals surface area contributed by atoms with Crippen LogP contribution in [-0.2, 0) is 4.79 Å². The minimum Gasteiger partial charge on any atom is -0.451 e. The van der Waals surface area contributed by atoms with Gasteiger partial charge in [-0.1, -0.05) is 18.2 Å². The second-order valence-corrected chi connectivity index (χ2v) is 7.64. The number of carbonyl (C=O) groups is 2. The average molecular weight is 384 g/mol. The van der Waals surface area contributed by atoms with E-state index in [9.17, 15) is 9.59 Å². The first-order valence-corrected chi connectivity index (χ1v) is 10.2. The second kappa shape index (κ2) is 8.75. The van der Waals surface area contributed by atoms with E-state index in [2.05, 4.69) is 15.5 Å². The van der Waals surface area contributed by atoms with Crippen molar-refractivity contribution in [2.45, 2.75) is 25.3 Å². The van der Waals surface area contributed by atoms with Crippen LogP contribution in [0.15, 0.2) is 34.7 Å². The smallest absolute Gasteiger partial charge is 0.287 e. The molecule has 1 unspecified atom stereocenters. The molecule has 150 valence electrons. The van der Waals surface area contributed by atoms with Crippen molar-refractivity contribution in [2.24, 2.45) is 0 Å². The van der Waals surface area contributed by atoms with Gasteiger partial charge in [-0.05, 0) is 31.5 Å². The first kappa shape index (κ1) is 19.0. The van der Waals surface area contributed by atoms with Gasteiger partial charge in [0.15, 0.2) is 5.76 Å². The predicted molar refractivity (Wildman–Crippen MR) is 107 cm³/mol. The van der Waals surface area contributed by atoms with Gasteiger partial charge in [0.2, 0.25) is 5.91 Å². The number of hydrogen-bond acceptors (Lipinski definition) is 5. The molecule has 2 aromatic rings. The fourth-order valence-corrected chi connectivity index (χ4v) is 4.05. The number of carbonyl (C=O) groups excluding carboxylic acids is 2. The Morgan fingerprint density at radius 2 is 2.00 bits per heavy atom. The minimum absolute atomic E-state index is 0.0868. The summed E-state index contributed by atoms with van der Waals surface area (Å²) in [6.07, 6.45) is 2.52. The molecule has 3 heterocycles. The molecule has 7 heteroatoms. The van der Waals surface area contributed by atoms with Crippen molar-refractivity contribution < 1.29 is 14.0 Å². The summed E-state index contributed by atoms with van der Waals surface area (Å²) < 4.78 is 5.66. The summed E-state index contributed by atoms with van der Waals surface area (Å²) in [6, 6.07) is 9.51. The van der Waals surface area contributed by atoms with E-state index in [4.69, 9.17) is 4.42 Å². The van der Waals surface area contributed by atoms with Gasteiger partial charge in [0, 0.05) is 57.1 Å². The summed E-state index contributed by atoms with van der Waals surface area (Å²) in [4.78, 5) is 29.2. The lowest BCUT2D eigenvalue weighted by Crippen LogP contribution is -2.49. The lowest BCUT2D eigenvalue weighted by molar-refractivity contribution is -0.132. The topological polar surface area (TPSA) is 77.8 Å². The molecule has 2 amide bonds. The highest BCUT2D eigenvalue weighted by Gasteiger charge is 2.24. The lowest BCUT2D eigenvalue weighted by atomic mass is 10.1. The Morgan fingerprint density at radius 3 is 2.82 bits per heavy atom. The van der Waals surface area contributed by atoms with Gasteiger partial charge in [-0.3, -0.25) is 9.59 Å². The highest BCUT2D eigenvalue weighted by atomic mass is 16.3. The van der Waals surface area contributed by atoms with E-state index >= 15 is 0 Å². The van der Waals surface area contributed by atoms with Crippen LogP contribution in [0.3, 0.4) is 0 Å². The molecule has 2 fully saturated rings. The molecule has 1 atom stereocenters. The summed E-state index contributed by atoms with van der Waals surface area (Å²) in [5, 5.41) is 7.30. The summed E-state index contributed by atoms with van der Waals surface area (Å²) in [6.45, 7) is 5.87. The maximum atomic E-state index is 12.6. The third-order valence-corrected chi connectivity index (χ3v) is 5.60. The number of benzene rings is 1. The molecule has 2 saturated heterocycles. The van der Waals surface area contributed by atoms with Crippen LogP contribution in [0.25, 0.3) is 11.0 Å². The number of piperazine rings is 1. The van der Waals surface area contributed by atoms with Crippen molar-refractivity contribution in [2.75, 3.05) is 45.8 Å². The number of rotatable bonds is 5. The zero-order valence-corrected chi connectivity index (χ0v) is 16.2. The van der Waals surface area contributed by atoms with Crippen LogP contribution in [0.1, 0.15) is 29.8 Å². The van der Waals surface area contributed by atoms with Gasteiger partial charge in [-0.25, -0.2) is 0 Å². The van der Waals surface area contributed by atoms with Crippen LogP contribution in [0.4, 0.5) is 0 Å². The van der Waals surface area contributed by atoms with E-state index in [1.54, 1.807) is 6.07 Å². The maximum Gasteiger partial charge on any atom is 0.287 e. The van der Waals surface area contributed by atoms with E-state index in [0.717, 1.165) is 69.6 Å². The quantitative estimate of drug-likeness (QED) is 0.816. The van der Waals surface area contributed by atoms with E-state index in [1.807, 2.05) is 29.2 Å². The number of piperidine rings is 1. The molecule has 28 heavy (non-hydrogen) atoms. The van der Waals surface area contributed by atoms with E-state index in [-0.39, 0.29) is 17.9 Å². The first-order chi connectivity index (χ1) is 13.7. The van der Waals surface area contributed by atoms with Crippen LogP contribution < -0.4 is 10.6 Å². The summed E-state index contributed by atoms with van der Waals surface area (Å²) in [5.41, 5.74) is 0.726. The van der Waals surface area contributed by atoms with Crippen molar-refractivity contribution in [3.05, 3.63) is 36.1 Å². The SMILES string of the molecule is O=C(NC1CCCN(CCC(=O)N2CCNCC2)C1)c1cc2ccccc2o1. The molecule has 2 aliphatic rings. The van der Waals surface area contributed by atoms with Crippen LogP contribution in [-0.4, -0.2) is 73.5 Å². The van der Waals surface area contributed by atoms with Crippen LogP contribution in [0.2, 0.25) is 0 Å². The van der Waals surface area contributed by atoms with Crippen LogP contribution >= 0.6 is 0 Å². The lowest BCUT2D eigenvalue weighted by Gasteiger charge is -2.34. The van der Waals surface area contributed by atoms with Crippen molar-refractivity contribution in [1.29, 1.82) is 0 Å². The van der Waals surface area contributed by atoms with Crippen LogP contribution in [0, 0.1) is 0 Å². The molecule has 0 spiro atoms. The monoisotopic (exact) mass is 384 g/mol. The minimum atomic E-state index is -0.167. The van der Waals surface area contributed by atoms with Gasteiger partial charge in [0.25, 0.3) is 5.91 Å². The molecule has 1 aromatic heterocycles.